The lowest BCUT2D eigenvalue weighted by Gasteiger charge is -2.15. The molecule has 0 saturated carbocycles. The number of carbonyl (C=O) groups excluding carboxylic acids is 1. The van der Waals surface area contributed by atoms with Crippen molar-refractivity contribution in [3.63, 3.8) is 0 Å². The molecule has 1 N–H and O–H groups in total. The van der Waals surface area contributed by atoms with E-state index in [9.17, 15) is 18.0 Å². The molecule has 0 saturated heterocycles. The molecule has 23 heavy (non-hydrogen) atoms. The third kappa shape index (κ3) is 4.89. The molecule has 1 atom stereocenters. The van der Waals surface area contributed by atoms with Crippen LogP contribution >= 0.6 is 11.6 Å². The lowest BCUT2D eigenvalue weighted by atomic mass is 10.2. The first-order valence-corrected chi connectivity index (χ1v) is 7.04. The molecule has 0 aliphatic heterocycles. The van der Waals surface area contributed by atoms with Gasteiger partial charge in [0, 0.05) is 10.7 Å². The second-order valence-corrected chi connectivity index (χ2v) is 5.21. The Balaban J connectivity index is 1.96. The molecular weight excluding hydrogens is 331 g/mol. The van der Waals surface area contributed by atoms with Gasteiger partial charge in [-0.05, 0) is 55.5 Å². The topological polar surface area (TPSA) is 38.3 Å². The highest BCUT2D eigenvalue weighted by Gasteiger charge is 2.30. The minimum atomic E-state index is -4.41. The van der Waals surface area contributed by atoms with E-state index >= 15 is 0 Å². The fraction of sp³-hybridized carbons (Fsp3) is 0.188. The van der Waals surface area contributed by atoms with Gasteiger partial charge in [-0.25, -0.2) is 0 Å². The maximum Gasteiger partial charge on any atom is 0.416 e. The average Bonchev–Trinajstić information content (AvgIpc) is 2.49. The average molecular weight is 344 g/mol. The van der Waals surface area contributed by atoms with Gasteiger partial charge in [0.05, 0.1) is 5.56 Å². The number of carbonyl (C=O) groups is 1. The molecule has 0 fully saturated rings. The maximum atomic E-state index is 12.5. The summed E-state index contributed by atoms with van der Waals surface area (Å²) in [7, 11) is 0. The van der Waals surface area contributed by atoms with Crippen molar-refractivity contribution in [2.45, 2.75) is 19.2 Å². The van der Waals surface area contributed by atoms with Gasteiger partial charge in [-0.3, -0.25) is 4.79 Å². The minimum Gasteiger partial charge on any atom is -0.481 e. The van der Waals surface area contributed by atoms with Crippen LogP contribution < -0.4 is 10.1 Å². The molecule has 1 amide bonds. The molecular formula is C16H13ClF3NO2. The van der Waals surface area contributed by atoms with Crippen LogP contribution in [0, 0.1) is 0 Å². The number of hydrogen-bond donors (Lipinski definition) is 1. The van der Waals surface area contributed by atoms with Crippen molar-refractivity contribution in [2.24, 2.45) is 0 Å². The molecule has 0 aromatic heterocycles. The zero-order chi connectivity index (χ0) is 17.0. The molecule has 2 aromatic carbocycles. The number of rotatable bonds is 4. The Hall–Kier alpha value is -2.21. The monoisotopic (exact) mass is 343 g/mol. The number of alkyl halides is 3. The molecule has 0 aliphatic carbocycles. The molecule has 0 radical (unpaired) electrons. The molecule has 0 unspecified atom stereocenters. The van der Waals surface area contributed by atoms with E-state index in [4.69, 9.17) is 16.3 Å². The molecule has 122 valence electrons. The predicted octanol–water partition coefficient (Wildman–Crippen LogP) is 4.76. The number of amides is 1. The maximum absolute atomic E-state index is 12.5. The van der Waals surface area contributed by atoms with Crippen molar-refractivity contribution >= 4 is 23.2 Å². The van der Waals surface area contributed by atoms with E-state index in [0.29, 0.717) is 10.8 Å². The zero-order valence-electron chi connectivity index (χ0n) is 12.0. The minimum absolute atomic E-state index is 0.259. The Kier molecular flexibility index (Phi) is 5.15. The summed E-state index contributed by atoms with van der Waals surface area (Å²) in [6.45, 7) is 1.54. The van der Waals surface area contributed by atoms with E-state index < -0.39 is 23.8 Å². The van der Waals surface area contributed by atoms with Gasteiger partial charge in [0.1, 0.15) is 5.75 Å². The Morgan fingerprint density at radius 3 is 2.17 bits per heavy atom. The molecule has 0 heterocycles. The normalized spacial score (nSPS) is 12.6. The van der Waals surface area contributed by atoms with Gasteiger partial charge in [-0.1, -0.05) is 11.6 Å². The summed E-state index contributed by atoms with van der Waals surface area (Å²) in [6.07, 6.45) is -5.23. The van der Waals surface area contributed by atoms with Crippen molar-refractivity contribution < 1.29 is 22.7 Å². The van der Waals surface area contributed by atoms with Gasteiger partial charge in [0.15, 0.2) is 6.10 Å². The van der Waals surface area contributed by atoms with Crippen molar-refractivity contribution in [1.29, 1.82) is 0 Å². The molecule has 7 heteroatoms. The second-order valence-electron chi connectivity index (χ2n) is 4.78. The van der Waals surface area contributed by atoms with Gasteiger partial charge in [0.25, 0.3) is 5.91 Å². The fourth-order valence-corrected chi connectivity index (χ4v) is 1.88. The number of ether oxygens (including phenoxy) is 1. The first-order chi connectivity index (χ1) is 10.8. The lowest BCUT2D eigenvalue weighted by molar-refractivity contribution is -0.137. The Morgan fingerprint density at radius 1 is 1.09 bits per heavy atom. The summed E-state index contributed by atoms with van der Waals surface area (Å²) >= 11 is 5.75. The van der Waals surface area contributed by atoms with Crippen LogP contribution in [0.4, 0.5) is 18.9 Å². The van der Waals surface area contributed by atoms with Crippen LogP contribution in [0.3, 0.4) is 0 Å². The van der Waals surface area contributed by atoms with Crippen LogP contribution in [0.1, 0.15) is 12.5 Å². The summed E-state index contributed by atoms with van der Waals surface area (Å²) in [5.41, 5.74) is -0.518. The van der Waals surface area contributed by atoms with Gasteiger partial charge < -0.3 is 10.1 Å². The Morgan fingerprint density at radius 2 is 1.65 bits per heavy atom. The van der Waals surface area contributed by atoms with Crippen LogP contribution in [-0.2, 0) is 11.0 Å². The van der Waals surface area contributed by atoms with E-state index in [1.165, 1.54) is 19.1 Å². The van der Waals surface area contributed by atoms with Crippen LogP contribution in [-0.4, -0.2) is 12.0 Å². The second kappa shape index (κ2) is 6.91. The third-order valence-corrected chi connectivity index (χ3v) is 3.23. The number of anilines is 1. The molecule has 0 aliphatic rings. The number of hydrogen-bond acceptors (Lipinski definition) is 2. The largest absolute Gasteiger partial charge is 0.481 e. The van der Waals surface area contributed by atoms with E-state index in [-0.39, 0.29) is 5.69 Å². The number of halogens is 4. The van der Waals surface area contributed by atoms with Crippen LogP contribution in [0.2, 0.25) is 5.02 Å². The Labute approximate surface area is 136 Å². The van der Waals surface area contributed by atoms with Crippen molar-refractivity contribution in [1.82, 2.24) is 0 Å². The first kappa shape index (κ1) is 17.1. The first-order valence-electron chi connectivity index (χ1n) is 6.66. The van der Waals surface area contributed by atoms with Gasteiger partial charge >= 0.3 is 6.18 Å². The summed E-state index contributed by atoms with van der Waals surface area (Å²) in [5, 5.41) is 3.04. The summed E-state index contributed by atoms with van der Waals surface area (Å²) < 4.78 is 42.8. The van der Waals surface area contributed by atoms with Gasteiger partial charge in [0.2, 0.25) is 0 Å². The third-order valence-electron chi connectivity index (χ3n) is 2.98. The van der Waals surface area contributed by atoms with Crippen molar-refractivity contribution in [3.8, 4) is 5.75 Å². The molecule has 0 spiro atoms. The van der Waals surface area contributed by atoms with E-state index in [1.807, 2.05) is 0 Å². The SMILES string of the molecule is C[C@H](Oc1ccc(Cl)cc1)C(=O)Nc1ccc(C(F)(F)F)cc1. The lowest BCUT2D eigenvalue weighted by Crippen LogP contribution is -2.30. The standard InChI is InChI=1S/C16H13ClF3NO2/c1-10(23-14-8-4-12(17)5-9-14)15(22)21-13-6-2-11(3-7-13)16(18,19)20/h2-10H,1H3,(H,21,22)/t10-/m0/s1. The van der Waals surface area contributed by atoms with Crippen molar-refractivity contribution in [2.75, 3.05) is 5.32 Å². The van der Waals surface area contributed by atoms with Crippen LogP contribution in [0.15, 0.2) is 48.5 Å². The smallest absolute Gasteiger partial charge is 0.416 e. The highest BCUT2D eigenvalue weighted by Crippen LogP contribution is 2.29. The molecule has 0 bridgehead atoms. The highest BCUT2D eigenvalue weighted by molar-refractivity contribution is 6.30. The summed E-state index contributed by atoms with van der Waals surface area (Å²) in [4.78, 5) is 12.0. The molecule has 3 nitrogen and oxygen atoms in total. The Bertz CT molecular complexity index is 669. The van der Waals surface area contributed by atoms with Gasteiger partial charge in [-0.2, -0.15) is 13.2 Å². The fourth-order valence-electron chi connectivity index (χ4n) is 1.76. The molecule has 2 rings (SSSR count). The van der Waals surface area contributed by atoms with Crippen LogP contribution in [0.25, 0.3) is 0 Å². The van der Waals surface area contributed by atoms with Gasteiger partial charge in [-0.15, -0.1) is 0 Å². The summed E-state index contributed by atoms with van der Waals surface area (Å²) in [5.74, 6) is -0.0100. The van der Waals surface area contributed by atoms with E-state index in [1.54, 1.807) is 24.3 Å². The number of benzene rings is 2. The van der Waals surface area contributed by atoms with E-state index in [2.05, 4.69) is 5.32 Å². The zero-order valence-corrected chi connectivity index (χ0v) is 12.8. The van der Waals surface area contributed by atoms with Crippen LogP contribution in [0.5, 0.6) is 5.75 Å². The number of nitrogens with one attached hydrogen (secondary N) is 1. The highest BCUT2D eigenvalue weighted by atomic mass is 35.5. The predicted molar refractivity (Wildman–Crippen MR) is 81.6 cm³/mol. The molecule has 2 aromatic rings. The summed E-state index contributed by atoms with van der Waals surface area (Å²) in [6, 6.07) is 10.7. The van der Waals surface area contributed by atoms with E-state index in [0.717, 1.165) is 12.1 Å². The van der Waals surface area contributed by atoms with Crippen molar-refractivity contribution in [3.05, 3.63) is 59.1 Å². The quantitative estimate of drug-likeness (QED) is 0.868.